The first kappa shape index (κ1) is 15.8. The van der Waals surface area contributed by atoms with E-state index in [1.165, 1.54) is 12.1 Å². The lowest BCUT2D eigenvalue weighted by molar-refractivity contribution is -0.137. The van der Waals surface area contributed by atoms with E-state index in [2.05, 4.69) is 4.90 Å². The first-order valence-corrected chi connectivity index (χ1v) is 7.63. The maximum Gasteiger partial charge on any atom is 0.416 e. The van der Waals surface area contributed by atoms with E-state index in [0.717, 1.165) is 31.1 Å². The minimum absolute atomic E-state index is 0.149. The molecule has 6 heteroatoms. The predicted octanol–water partition coefficient (Wildman–Crippen LogP) is 1.99. The fourth-order valence-corrected chi connectivity index (χ4v) is 3.76. The molecule has 3 N–H and O–H groups in total. The molecule has 122 valence electrons. The van der Waals surface area contributed by atoms with E-state index < -0.39 is 17.8 Å². The lowest BCUT2D eigenvalue weighted by atomic mass is 9.93. The Balaban J connectivity index is 1.72. The van der Waals surface area contributed by atoms with Gasteiger partial charge in [0.2, 0.25) is 0 Å². The minimum Gasteiger partial charge on any atom is -0.392 e. The van der Waals surface area contributed by atoms with Gasteiger partial charge in [-0.3, -0.25) is 4.90 Å². The molecule has 3 rings (SSSR count). The van der Waals surface area contributed by atoms with Crippen LogP contribution in [0.3, 0.4) is 0 Å². The first-order chi connectivity index (χ1) is 10.3. The first-order valence-electron chi connectivity index (χ1n) is 7.63. The molecule has 0 bridgehead atoms. The van der Waals surface area contributed by atoms with Gasteiger partial charge >= 0.3 is 6.18 Å². The third kappa shape index (κ3) is 2.87. The molecule has 0 aromatic heterocycles. The number of piperidine rings is 1. The number of likely N-dealkylation sites (tertiary alicyclic amines) is 1. The van der Waals surface area contributed by atoms with Gasteiger partial charge in [-0.2, -0.15) is 13.2 Å². The van der Waals surface area contributed by atoms with Crippen LogP contribution in [-0.4, -0.2) is 42.3 Å². The van der Waals surface area contributed by atoms with Gasteiger partial charge in [0.25, 0.3) is 0 Å². The van der Waals surface area contributed by atoms with E-state index in [-0.39, 0.29) is 5.41 Å². The highest BCUT2D eigenvalue weighted by atomic mass is 19.4. The SMILES string of the molecule is NCC[C@@H](O)CN1CC2CC2(c2cccc(C(F)(F)F)c2)C1. The zero-order valence-corrected chi connectivity index (χ0v) is 12.3. The van der Waals surface area contributed by atoms with Gasteiger partial charge in [0, 0.05) is 25.0 Å². The average molecular weight is 314 g/mol. The van der Waals surface area contributed by atoms with E-state index in [9.17, 15) is 18.3 Å². The minimum atomic E-state index is -4.30. The number of nitrogens with zero attached hydrogens (tertiary/aromatic N) is 1. The quantitative estimate of drug-likeness (QED) is 0.874. The van der Waals surface area contributed by atoms with Crippen molar-refractivity contribution >= 4 is 0 Å². The van der Waals surface area contributed by atoms with Gasteiger partial charge in [0.1, 0.15) is 0 Å². The summed E-state index contributed by atoms with van der Waals surface area (Å²) in [5.41, 5.74) is 5.48. The standard InChI is InChI=1S/C16H21F3N2O/c17-16(18,19)12-3-1-2-11(6-12)15-7-13(15)8-21(10-15)9-14(22)4-5-20/h1-3,6,13-14,22H,4-5,7-10,20H2/t13?,14-,15?/m1/s1. The van der Waals surface area contributed by atoms with Crippen molar-refractivity contribution in [3.63, 3.8) is 0 Å². The molecule has 0 radical (unpaired) electrons. The molecule has 22 heavy (non-hydrogen) atoms. The summed E-state index contributed by atoms with van der Waals surface area (Å²) in [4.78, 5) is 2.15. The molecule has 1 aromatic carbocycles. The van der Waals surface area contributed by atoms with Gasteiger partial charge in [0.15, 0.2) is 0 Å². The van der Waals surface area contributed by atoms with Crippen molar-refractivity contribution in [1.82, 2.24) is 4.90 Å². The van der Waals surface area contributed by atoms with E-state index in [4.69, 9.17) is 5.73 Å². The van der Waals surface area contributed by atoms with E-state index in [1.54, 1.807) is 6.07 Å². The Morgan fingerprint density at radius 3 is 2.86 bits per heavy atom. The van der Waals surface area contributed by atoms with Crippen LogP contribution < -0.4 is 5.73 Å². The number of alkyl halides is 3. The van der Waals surface area contributed by atoms with Crippen LogP contribution in [0.25, 0.3) is 0 Å². The van der Waals surface area contributed by atoms with Gasteiger partial charge in [-0.1, -0.05) is 18.2 Å². The molecular weight excluding hydrogens is 293 g/mol. The second kappa shape index (κ2) is 5.51. The molecule has 1 aliphatic heterocycles. The lowest BCUT2D eigenvalue weighted by Gasteiger charge is -2.24. The van der Waals surface area contributed by atoms with Crippen molar-refractivity contribution < 1.29 is 18.3 Å². The normalized spacial score (nSPS) is 29.4. The second-order valence-corrected chi connectivity index (χ2v) is 6.56. The molecule has 2 fully saturated rings. The molecule has 1 aromatic rings. The van der Waals surface area contributed by atoms with Crippen LogP contribution in [-0.2, 0) is 11.6 Å². The summed E-state index contributed by atoms with van der Waals surface area (Å²) in [6.07, 6.45) is -3.26. The van der Waals surface area contributed by atoms with Crippen molar-refractivity contribution in [2.45, 2.75) is 30.5 Å². The lowest BCUT2D eigenvalue weighted by Crippen LogP contribution is -2.34. The maximum absolute atomic E-state index is 12.9. The second-order valence-electron chi connectivity index (χ2n) is 6.56. The molecule has 3 nitrogen and oxygen atoms in total. The Bertz CT molecular complexity index is 548. The van der Waals surface area contributed by atoms with E-state index in [0.29, 0.717) is 25.4 Å². The Kier molecular flexibility index (Phi) is 3.95. The molecule has 1 saturated carbocycles. The van der Waals surface area contributed by atoms with Crippen LogP contribution in [0.1, 0.15) is 24.0 Å². The van der Waals surface area contributed by atoms with E-state index in [1.807, 2.05) is 0 Å². The molecular formula is C16H21F3N2O. The fourth-order valence-electron chi connectivity index (χ4n) is 3.76. The Labute approximate surface area is 127 Å². The van der Waals surface area contributed by atoms with Crippen molar-refractivity contribution in [3.8, 4) is 0 Å². The van der Waals surface area contributed by atoms with Crippen LogP contribution in [0.15, 0.2) is 24.3 Å². The topological polar surface area (TPSA) is 49.5 Å². The number of benzene rings is 1. The molecule has 2 unspecified atom stereocenters. The zero-order valence-electron chi connectivity index (χ0n) is 12.3. The van der Waals surface area contributed by atoms with Crippen LogP contribution in [0.2, 0.25) is 0 Å². The van der Waals surface area contributed by atoms with Gasteiger partial charge in [0.05, 0.1) is 11.7 Å². The number of halogens is 3. The van der Waals surface area contributed by atoms with Gasteiger partial charge in [-0.25, -0.2) is 0 Å². The third-order valence-electron chi connectivity index (χ3n) is 4.95. The number of β-amino-alcohol motifs (C(OH)–C–C–N with tert-alkyl or cyclic N) is 1. The van der Waals surface area contributed by atoms with Crippen molar-refractivity contribution in [2.24, 2.45) is 11.7 Å². The molecule has 1 saturated heterocycles. The summed E-state index contributed by atoms with van der Waals surface area (Å²) >= 11 is 0. The summed E-state index contributed by atoms with van der Waals surface area (Å²) in [6.45, 7) is 2.56. The Hall–Kier alpha value is -1.11. The molecule has 1 aliphatic carbocycles. The number of aliphatic hydroxyl groups is 1. The fraction of sp³-hybridized carbons (Fsp3) is 0.625. The van der Waals surface area contributed by atoms with E-state index >= 15 is 0 Å². The van der Waals surface area contributed by atoms with Crippen LogP contribution in [0.5, 0.6) is 0 Å². The number of hydrogen-bond acceptors (Lipinski definition) is 3. The highest BCUT2D eigenvalue weighted by Gasteiger charge is 2.60. The summed E-state index contributed by atoms with van der Waals surface area (Å²) < 4.78 is 38.6. The highest BCUT2D eigenvalue weighted by molar-refractivity contribution is 5.40. The number of fused-ring (bicyclic) bond motifs is 1. The van der Waals surface area contributed by atoms with Crippen molar-refractivity contribution in [1.29, 1.82) is 0 Å². The number of nitrogens with two attached hydrogens (primary N) is 1. The predicted molar refractivity (Wildman–Crippen MR) is 77.3 cm³/mol. The Morgan fingerprint density at radius 1 is 1.41 bits per heavy atom. The van der Waals surface area contributed by atoms with Gasteiger partial charge in [-0.15, -0.1) is 0 Å². The maximum atomic E-state index is 12.9. The highest BCUT2D eigenvalue weighted by Crippen LogP contribution is 2.59. The molecule has 2 aliphatic rings. The number of rotatable bonds is 5. The molecule has 0 spiro atoms. The Morgan fingerprint density at radius 2 is 2.18 bits per heavy atom. The number of hydrogen-bond donors (Lipinski definition) is 2. The summed E-state index contributed by atoms with van der Waals surface area (Å²) in [7, 11) is 0. The smallest absolute Gasteiger partial charge is 0.392 e. The summed E-state index contributed by atoms with van der Waals surface area (Å²) in [5.74, 6) is 0.404. The molecule has 0 amide bonds. The van der Waals surface area contributed by atoms with Gasteiger partial charge in [-0.05, 0) is 36.9 Å². The monoisotopic (exact) mass is 314 g/mol. The summed E-state index contributed by atoms with van der Waals surface area (Å²) in [5, 5.41) is 9.85. The largest absolute Gasteiger partial charge is 0.416 e. The molecule has 1 heterocycles. The van der Waals surface area contributed by atoms with Crippen molar-refractivity contribution in [2.75, 3.05) is 26.2 Å². The number of aliphatic hydroxyl groups excluding tert-OH is 1. The van der Waals surface area contributed by atoms with Gasteiger partial charge < -0.3 is 10.8 Å². The zero-order chi connectivity index (χ0) is 16.0. The summed E-state index contributed by atoms with van der Waals surface area (Å²) in [6, 6.07) is 5.71. The van der Waals surface area contributed by atoms with Crippen LogP contribution >= 0.6 is 0 Å². The third-order valence-corrected chi connectivity index (χ3v) is 4.95. The van der Waals surface area contributed by atoms with Crippen molar-refractivity contribution in [3.05, 3.63) is 35.4 Å². The van der Waals surface area contributed by atoms with Crippen LogP contribution in [0, 0.1) is 5.92 Å². The molecule has 3 atom stereocenters. The van der Waals surface area contributed by atoms with Crippen LogP contribution in [0.4, 0.5) is 13.2 Å². The average Bonchev–Trinajstić information content (AvgIpc) is 3.02.